The monoisotopic (exact) mass is 243 g/mol. The van der Waals surface area contributed by atoms with Crippen LogP contribution in [0.15, 0.2) is 24.0 Å². The number of thioether (sulfide) groups is 1. The van der Waals surface area contributed by atoms with Crippen molar-refractivity contribution in [2.24, 2.45) is 0 Å². The highest BCUT2D eigenvalue weighted by molar-refractivity contribution is 7.98. The van der Waals surface area contributed by atoms with E-state index < -0.39 is 0 Å². The van der Waals surface area contributed by atoms with Crippen LogP contribution in [-0.2, 0) is 0 Å². The Bertz CT molecular complexity index is 384. The Morgan fingerprint density at radius 1 is 1.80 bits per heavy atom. The van der Waals surface area contributed by atoms with Crippen molar-refractivity contribution in [3.05, 3.63) is 29.6 Å². The molecule has 0 aliphatic rings. The molecule has 0 saturated heterocycles. The Hall–Kier alpha value is -1.07. The topological polar surface area (TPSA) is 54.9 Å². The van der Waals surface area contributed by atoms with Crippen LogP contribution in [0.4, 0.5) is 0 Å². The normalized spacial score (nSPS) is 9.73. The second-order valence-electron chi connectivity index (χ2n) is 2.56. The molecular weight excluding hydrogens is 234 g/mol. The fourth-order valence-corrected chi connectivity index (χ4v) is 1.46. The summed E-state index contributed by atoms with van der Waals surface area (Å²) in [6.45, 7) is 3.88. The lowest BCUT2D eigenvalue weighted by atomic mass is 10.3. The summed E-state index contributed by atoms with van der Waals surface area (Å²) < 4.78 is 0. The highest BCUT2D eigenvalue weighted by Gasteiger charge is 2.11. The molecular formula is C9H10ClN3OS. The quantitative estimate of drug-likeness (QED) is 0.379. The molecule has 4 nitrogen and oxygen atoms in total. The van der Waals surface area contributed by atoms with Gasteiger partial charge in [0, 0.05) is 12.7 Å². The molecule has 6 heteroatoms. The summed E-state index contributed by atoms with van der Waals surface area (Å²) in [4.78, 5) is 19.4. The number of nitrogens with zero attached hydrogens (tertiary/aromatic N) is 2. The Morgan fingerprint density at radius 2 is 2.53 bits per heavy atom. The van der Waals surface area contributed by atoms with Gasteiger partial charge in [0.1, 0.15) is 5.15 Å². The standard InChI is InChI=1S/C9H10ClN3OS/c1-3-4-11-8(14)6-5-12-9(15-2)13-7(6)10/h3,5H,1,4H2,2H3,(H,11,14). The van der Waals surface area contributed by atoms with Crippen LogP contribution in [0.5, 0.6) is 0 Å². The minimum atomic E-state index is -0.299. The first-order chi connectivity index (χ1) is 7.19. The number of carbonyl (C=O) groups is 1. The number of nitrogens with one attached hydrogen (secondary N) is 1. The second kappa shape index (κ2) is 5.72. The molecule has 0 spiro atoms. The summed E-state index contributed by atoms with van der Waals surface area (Å²) in [6, 6.07) is 0. The van der Waals surface area contributed by atoms with Gasteiger partial charge in [-0.3, -0.25) is 4.79 Å². The summed E-state index contributed by atoms with van der Waals surface area (Å²) in [6.07, 6.45) is 4.84. The van der Waals surface area contributed by atoms with Crippen molar-refractivity contribution in [1.29, 1.82) is 0 Å². The Labute approximate surface area is 97.1 Å². The van der Waals surface area contributed by atoms with Crippen LogP contribution in [0.2, 0.25) is 5.15 Å². The maximum Gasteiger partial charge on any atom is 0.256 e. The maximum absolute atomic E-state index is 11.5. The molecule has 15 heavy (non-hydrogen) atoms. The Balaban J connectivity index is 2.85. The fraction of sp³-hybridized carbons (Fsp3) is 0.222. The zero-order chi connectivity index (χ0) is 11.3. The van der Waals surface area contributed by atoms with E-state index >= 15 is 0 Å². The predicted octanol–water partition coefficient (Wildman–Crippen LogP) is 1.77. The number of hydrogen-bond acceptors (Lipinski definition) is 4. The first kappa shape index (κ1) is 12.0. The Morgan fingerprint density at radius 3 is 3.07 bits per heavy atom. The van der Waals surface area contributed by atoms with E-state index in [0.717, 1.165) is 0 Å². The van der Waals surface area contributed by atoms with E-state index in [-0.39, 0.29) is 16.6 Å². The van der Waals surface area contributed by atoms with E-state index in [9.17, 15) is 4.79 Å². The number of halogens is 1. The average molecular weight is 244 g/mol. The first-order valence-electron chi connectivity index (χ1n) is 4.14. The van der Waals surface area contributed by atoms with Gasteiger partial charge in [-0.05, 0) is 6.26 Å². The average Bonchev–Trinajstić information content (AvgIpc) is 2.25. The van der Waals surface area contributed by atoms with Gasteiger partial charge in [-0.25, -0.2) is 9.97 Å². The summed E-state index contributed by atoms with van der Waals surface area (Å²) in [5, 5.41) is 3.30. The molecule has 0 bridgehead atoms. The third kappa shape index (κ3) is 3.21. The van der Waals surface area contributed by atoms with Crippen LogP contribution in [0.25, 0.3) is 0 Å². The molecule has 0 fully saturated rings. The van der Waals surface area contributed by atoms with E-state index in [1.54, 1.807) is 6.08 Å². The molecule has 0 aliphatic heterocycles. The summed E-state index contributed by atoms with van der Waals surface area (Å²) >= 11 is 7.20. The van der Waals surface area contributed by atoms with Crippen molar-refractivity contribution in [1.82, 2.24) is 15.3 Å². The minimum absolute atomic E-state index is 0.163. The molecule has 0 saturated carbocycles. The minimum Gasteiger partial charge on any atom is -0.348 e. The van der Waals surface area contributed by atoms with Gasteiger partial charge >= 0.3 is 0 Å². The van der Waals surface area contributed by atoms with Crippen LogP contribution >= 0.6 is 23.4 Å². The maximum atomic E-state index is 11.5. The number of hydrogen-bond donors (Lipinski definition) is 1. The van der Waals surface area contributed by atoms with Gasteiger partial charge in [0.05, 0.1) is 5.56 Å². The molecule has 1 N–H and O–H groups in total. The van der Waals surface area contributed by atoms with Crippen LogP contribution < -0.4 is 5.32 Å². The summed E-state index contributed by atoms with van der Waals surface area (Å²) in [7, 11) is 0. The van der Waals surface area contributed by atoms with Gasteiger partial charge in [0.25, 0.3) is 5.91 Å². The number of rotatable bonds is 4. The fourth-order valence-electron chi connectivity index (χ4n) is 0.857. The SMILES string of the molecule is C=CCNC(=O)c1cnc(SC)nc1Cl. The van der Waals surface area contributed by atoms with Gasteiger partial charge < -0.3 is 5.32 Å². The first-order valence-corrected chi connectivity index (χ1v) is 5.75. The van der Waals surface area contributed by atoms with Crippen LogP contribution in [0.1, 0.15) is 10.4 Å². The lowest BCUT2D eigenvalue weighted by Gasteiger charge is -2.04. The van der Waals surface area contributed by atoms with Gasteiger partial charge in [0.15, 0.2) is 5.16 Å². The molecule has 0 unspecified atom stereocenters. The number of carbonyl (C=O) groups excluding carboxylic acids is 1. The zero-order valence-corrected chi connectivity index (χ0v) is 9.73. The van der Waals surface area contributed by atoms with Crippen LogP contribution in [0.3, 0.4) is 0 Å². The van der Waals surface area contributed by atoms with E-state index in [0.29, 0.717) is 11.7 Å². The molecule has 0 atom stereocenters. The van der Waals surface area contributed by atoms with Gasteiger partial charge in [0.2, 0.25) is 0 Å². The van der Waals surface area contributed by atoms with Gasteiger partial charge in [-0.2, -0.15) is 0 Å². The molecule has 80 valence electrons. The van der Waals surface area contributed by atoms with E-state index in [4.69, 9.17) is 11.6 Å². The molecule has 1 heterocycles. The summed E-state index contributed by atoms with van der Waals surface area (Å²) in [5.41, 5.74) is 0.274. The van der Waals surface area contributed by atoms with Crippen molar-refractivity contribution in [3.8, 4) is 0 Å². The largest absolute Gasteiger partial charge is 0.348 e. The smallest absolute Gasteiger partial charge is 0.256 e. The lowest BCUT2D eigenvalue weighted by Crippen LogP contribution is -2.24. The molecule has 1 amide bonds. The second-order valence-corrected chi connectivity index (χ2v) is 3.69. The molecule has 1 rings (SSSR count). The van der Waals surface area contributed by atoms with Crippen LogP contribution in [0, 0.1) is 0 Å². The molecule has 1 aromatic rings. The van der Waals surface area contributed by atoms with Gasteiger partial charge in [-0.1, -0.05) is 29.4 Å². The zero-order valence-electron chi connectivity index (χ0n) is 8.16. The third-order valence-electron chi connectivity index (χ3n) is 1.55. The lowest BCUT2D eigenvalue weighted by molar-refractivity contribution is 0.0957. The van der Waals surface area contributed by atoms with Crippen molar-refractivity contribution >= 4 is 29.3 Å². The van der Waals surface area contributed by atoms with E-state index in [1.807, 2.05) is 6.26 Å². The summed E-state index contributed by atoms with van der Waals surface area (Å²) in [5.74, 6) is -0.299. The molecule has 1 aromatic heterocycles. The predicted molar refractivity (Wildman–Crippen MR) is 61.4 cm³/mol. The van der Waals surface area contributed by atoms with Crippen molar-refractivity contribution in [2.45, 2.75) is 5.16 Å². The Kier molecular flexibility index (Phi) is 4.58. The van der Waals surface area contributed by atoms with Gasteiger partial charge in [-0.15, -0.1) is 6.58 Å². The molecule has 0 aromatic carbocycles. The van der Waals surface area contributed by atoms with Crippen LogP contribution in [-0.4, -0.2) is 28.7 Å². The third-order valence-corrected chi connectivity index (χ3v) is 2.40. The highest BCUT2D eigenvalue weighted by atomic mass is 35.5. The van der Waals surface area contributed by atoms with Crippen molar-refractivity contribution in [2.75, 3.05) is 12.8 Å². The number of aromatic nitrogens is 2. The highest BCUT2D eigenvalue weighted by Crippen LogP contribution is 2.16. The van der Waals surface area contributed by atoms with E-state index in [1.165, 1.54) is 18.0 Å². The van der Waals surface area contributed by atoms with E-state index in [2.05, 4.69) is 21.9 Å². The molecule has 0 aliphatic carbocycles. The molecule has 0 radical (unpaired) electrons. The van der Waals surface area contributed by atoms with Crippen molar-refractivity contribution in [3.63, 3.8) is 0 Å². The van der Waals surface area contributed by atoms with Crippen molar-refractivity contribution < 1.29 is 4.79 Å². The number of amides is 1.